The number of nitrogens with zero attached hydrogens (tertiary/aromatic N) is 1. The largest absolute Gasteiger partial charge is 0.496 e. The zero-order valence-electron chi connectivity index (χ0n) is 11.4. The molecule has 2 unspecified atom stereocenters. The highest BCUT2D eigenvalue weighted by Crippen LogP contribution is 2.30. The first-order valence-corrected chi connectivity index (χ1v) is 7.43. The van der Waals surface area contributed by atoms with Gasteiger partial charge in [0, 0.05) is 29.7 Å². The van der Waals surface area contributed by atoms with Crippen molar-refractivity contribution in [3.05, 3.63) is 28.8 Å². The molecule has 2 saturated heterocycles. The Kier molecular flexibility index (Phi) is 3.96. The molecule has 0 spiro atoms. The molecule has 0 aromatic heterocycles. The van der Waals surface area contributed by atoms with E-state index in [9.17, 15) is 0 Å². The van der Waals surface area contributed by atoms with E-state index in [0.29, 0.717) is 0 Å². The lowest BCUT2D eigenvalue weighted by atomic mass is 9.93. The Bertz CT molecular complexity index is 452. The molecule has 2 heterocycles. The maximum absolute atomic E-state index is 6.32. The zero-order valence-corrected chi connectivity index (χ0v) is 12.1. The van der Waals surface area contributed by atoms with Crippen molar-refractivity contribution in [2.24, 2.45) is 5.92 Å². The van der Waals surface area contributed by atoms with Crippen LogP contribution in [0.1, 0.15) is 18.4 Å². The minimum absolute atomic E-state index is 0.740. The van der Waals surface area contributed by atoms with Crippen molar-refractivity contribution < 1.29 is 4.74 Å². The predicted molar refractivity (Wildman–Crippen MR) is 77.8 cm³/mol. The standard InChI is InChI=1S/C15H21ClN2O/c1-19-15-4-2-3-13(16)12(15)10-18-8-6-14-11(9-18)5-7-17-14/h2-4,11,14,17H,5-10H2,1H3. The first kappa shape index (κ1) is 13.2. The number of rotatable bonds is 3. The van der Waals surface area contributed by atoms with Crippen molar-refractivity contribution in [2.75, 3.05) is 26.7 Å². The van der Waals surface area contributed by atoms with E-state index in [-0.39, 0.29) is 0 Å². The Labute approximate surface area is 119 Å². The minimum Gasteiger partial charge on any atom is -0.496 e. The number of hydrogen-bond donors (Lipinski definition) is 1. The molecule has 0 bridgehead atoms. The second-order valence-corrected chi connectivity index (χ2v) is 5.96. The van der Waals surface area contributed by atoms with Gasteiger partial charge in [0.1, 0.15) is 5.75 Å². The van der Waals surface area contributed by atoms with E-state index < -0.39 is 0 Å². The molecule has 4 heteroatoms. The molecule has 1 aromatic carbocycles. The average molecular weight is 281 g/mol. The second-order valence-electron chi connectivity index (χ2n) is 5.55. The van der Waals surface area contributed by atoms with Crippen molar-refractivity contribution in [1.29, 1.82) is 0 Å². The summed E-state index contributed by atoms with van der Waals surface area (Å²) >= 11 is 6.32. The Balaban J connectivity index is 1.71. The Morgan fingerprint density at radius 2 is 2.32 bits per heavy atom. The molecular weight excluding hydrogens is 260 g/mol. The van der Waals surface area contributed by atoms with Gasteiger partial charge in [0.25, 0.3) is 0 Å². The monoisotopic (exact) mass is 280 g/mol. The topological polar surface area (TPSA) is 24.5 Å². The van der Waals surface area contributed by atoms with Gasteiger partial charge in [-0.1, -0.05) is 17.7 Å². The summed E-state index contributed by atoms with van der Waals surface area (Å²) < 4.78 is 5.43. The molecule has 1 N–H and O–H groups in total. The summed E-state index contributed by atoms with van der Waals surface area (Å²) in [6.45, 7) is 4.39. The van der Waals surface area contributed by atoms with Crippen LogP contribution in [0.25, 0.3) is 0 Å². The summed E-state index contributed by atoms with van der Waals surface area (Å²) in [4.78, 5) is 2.51. The van der Waals surface area contributed by atoms with Gasteiger partial charge >= 0.3 is 0 Å². The fourth-order valence-corrected chi connectivity index (χ4v) is 3.60. The molecule has 104 valence electrons. The Morgan fingerprint density at radius 1 is 1.42 bits per heavy atom. The Morgan fingerprint density at radius 3 is 3.16 bits per heavy atom. The number of benzene rings is 1. The van der Waals surface area contributed by atoms with Gasteiger partial charge in [0.05, 0.1) is 7.11 Å². The van der Waals surface area contributed by atoms with Crippen LogP contribution in [0, 0.1) is 5.92 Å². The fourth-order valence-electron chi connectivity index (χ4n) is 3.37. The number of ether oxygens (including phenoxy) is 1. The lowest BCUT2D eigenvalue weighted by molar-refractivity contribution is 0.154. The van der Waals surface area contributed by atoms with Gasteiger partial charge < -0.3 is 10.1 Å². The first-order valence-electron chi connectivity index (χ1n) is 7.05. The van der Waals surface area contributed by atoms with E-state index in [1.54, 1.807) is 7.11 Å². The lowest BCUT2D eigenvalue weighted by Gasteiger charge is -2.35. The molecule has 3 rings (SSSR count). The van der Waals surface area contributed by atoms with Crippen LogP contribution in [0.4, 0.5) is 0 Å². The zero-order chi connectivity index (χ0) is 13.2. The van der Waals surface area contributed by atoms with Gasteiger partial charge in [0.2, 0.25) is 0 Å². The van der Waals surface area contributed by atoms with Crippen molar-refractivity contribution in [3.63, 3.8) is 0 Å². The third-order valence-electron chi connectivity index (χ3n) is 4.42. The number of halogens is 1. The number of nitrogens with one attached hydrogen (secondary N) is 1. The third kappa shape index (κ3) is 2.73. The van der Waals surface area contributed by atoms with Crippen molar-refractivity contribution in [2.45, 2.75) is 25.4 Å². The van der Waals surface area contributed by atoms with Gasteiger partial charge in [-0.3, -0.25) is 4.90 Å². The Hall–Kier alpha value is -0.770. The molecule has 2 atom stereocenters. The summed E-state index contributed by atoms with van der Waals surface area (Å²) in [5, 5.41) is 4.41. The molecule has 2 aliphatic heterocycles. The maximum Gasteiger partial charge on any atom is 0.124 e. The molecule has 2 aliphatic rings. The summed E-state index contributed by atoms with van der Waals surface area (Å²) in [6, 6.07) is 6.62. The highest BCUT2D eigenvalue weighted by Gasteiger charge is 2.32. The van der Waals surface area contributed by atoms with Gasteiger partial charge in [-0.15, -0.1) is 0 Å². The van der Waals surface area contributed by atoms with Crippen LogP contribution in [0.3, 0.4) is 0 Å². The number of hydrogen-bond acceptors (Lipinski definition) is 3. The van der Waals surface area contributed by atoms with Crippen molar-refractivity contribution in [3.8, 4) is 5.75 Å². The SMILES string of the molecule is COc1cccc(Cl)c1CN1CCC2NCCC2C1. The molecule has 2 fully saturated rings. The van der Waals surface area contributed by atoms with Gasteiger partial charge in [-0.05, 0) is 44.0 Å². The number of likely N-dealkylation sites (tertiary alicyclic amines) is 1. The molecular formula is C15H21ClN2O. The predicted octanol–water partition coefficient (Wildman–Crippen LogP) is 2.53. The first-order chi connectivity index (χ1) is 9.28. The summed E-state index contributed by atoms with van der Waals surface area (Å²) in [5.41, 5.74) is 1.12. The van der Waals surface area contributed by atoms with Gasteiger partial charge in [0.15, 0.2) is 0 Å². The van der Waals surface area contributed by atoms with E-state index in [1.165, 1.54) is 25.9 Å². The van der Waals surface area contributed by atoms with E-state index in [2.05, 4.69) is 10.2 Å². The van der Waals surface area contributed by atoms with Crippen LogP contribution < -0.4 is 10.1 Å². The highest BCUT2D eigenvalue weighted by molar-refractivity contribution is 6.31. The molecule has 3 nitrogen and oxygen atoms in total. The summed E-state index contributed by atoms with van der Waals surface area (Å²) in [6.07, 6.45) is 2.55. The molecule has 19 heavy (non-hydrogen) atoms. The normalized spacial score (nSPS) is 27.3. The lowest BCUT2D eigenvalue weighted by Crippen LogP contribution is -2.44. The van der Waals surface area contributed by atoms with E-state index >= 15 is 0 Å². The number of methoxy groups -OCH3 is 1. The average Bonchev–Trinajstić information content (AvgIpc) is 2.88. The molecule has 1 aromatic rings. The molecule has 0 radical (unpaired) electrons. The third-order valence-corrected chi connectivity index (χ3v) is 4.77. The van der Waals surface area contributed by atoms with Crippen LogP contribution in [0.5, 0.6) is 5.75 Å². The molecule has 0 amide bonds. The second kappa shape index (κ2) is 5.70. The smallest absolute Gasteiger partial charge is 0.124 e. The fraction of sp³-hybridized carbons (Fsp3) is 0.600. The summed E-state index contributed by atoms with van der Waals surface area (Å²) in [7, 11) is 1.71. The van der Waals surface area contributed by atoms with Crippen LogP contribution in [0.2, 0.25) is 5.02 Å². The van der Waals surface area contributed by atoms with Gasteiger partial charge in [-0.2, -0.15) is 0 Å². The van der Waals surface area contributed by atoms with Gasteiger partial charge in [-0.25, -0.2) is 0 Å². The minimum atomic E-state index is 0.740. The van der Waals surface area contributed by atoms with Crippen molar-refractivity contribution in [1.82, 2.24) is 10.2 Å². The van der Waals surface area contributed by atoms with Crippen LogP contribution in [-0.2, 0) is 6.54 Å². The van der Waals surface area contributed by atoms with E-state index in [4.69, 9.17) is 16.3 Å². The quantitative estimate of drug-likeness (QED) is 0.921. The number of piperidine rings is 1. The highest BCUT2D eigenvalue weighted by atomic mass is 35.5. The number of fused-ring (bicyclic) bond motifs is 1. The van der Waals surface area contributed by atoms with E-state index in [1.807, 2.05) is 18.2 Å². The molecule has 0 aliphatic carbocycles. The van der Waals surface area contributed by atoms with Crippen molar-refractivity contribution >= 4 is 11.6 Å². The van der Waals surface area contributed by atoms with E-state index in [0.717, 1.165) is 41.4 Å². The molecule has 0 saturated carbocycles. The van der Waals surface area contributed by atoms with Crippen LogP contribution in [0.15, 0.2) is 18.2 Å². The summed E-state index contributed by atoms with van der Waals surface area (Å²) in [5.74, 6) is 1.71. The van der Waals surface area contributed by atoms with Crippen LogP contribution >= 0.6 is 11.6 Å². The van der Waals surface area contributed by atoms with Crippen LogP contribution in [-0.4, -0.2) is 37.7 Å². The maximum atomic E-state index is 6.32.